The average Bonchev–Trinajstić information content (AvgIpc) is 3.16. The molecule has 0 unspecified atom stereocenters. The van der Waals surface area contributed by atoms with Gasteiger partial charge in [-0.2, -0.15) is 5.26 Å². The van der Waals surface area contributed by atoms with E-state index >= 15 is 0 Å². The molecule has 0 aliphatic heterocycles. The van der Waals surface area contributed by atoms with Crippen molar-refractivity contribution < 1.29 is 13.9 Å². The van der Waals surface area contributed by atoms with Gasteiger partial charge in [0.1, 0.15) is 28.4 Å². The topological polar surface area (TPSA) is 55.1 Å². The maximum atomic E-state index is 13.1. The molecule has 0 fully saturated rings. The Labute approximate surface area is 154 Å². The number of nitriles is 1. The second-order valence-corrected chi connectivity index (χ2v) is 6.18. The molecule has 3 rings (SSSR count). The predicted molar refractivity (Wildman–Crippen MR) is 101 cm³/mol. The van der Waals surface area contributed by atoms with Gasteiger partial charge in [-0.1, -0.05) is 0 Å². The van der Waals surface area contributed by atoms with E-state index in [9.17, 15) is 9.65 Å². The number of hydrogen-bond acceptors (Lipinski definition) is 5. The zero-order valence-corrected chi connectivity index (χ0v) is 15.0. The van der Waals surface area contributed by atoms with Gasteiger partial charge in [0, 0.05) is 22.6 Å². The van der Waals surface area contributed by atoms with E-state index in [1.165, 1.54) is 23.5 Å². The summed E-state index contributed by atoms with van der Waals surface area (Å²) in [5.41, 5.74) is 2.68. The fraction of sp³-hybridized carbons (Fsp3) is 0.100. The molecule has 0 atom stereocenters. The fourth-order valence-electron chi connectivity index (χ4n) is 2.39. The molecule has 1 heterocycles. The molecule has 0 saturated heterocycles. The molecule has 0 aliphatic carbocycles. The Hall–Kier alpha value is -3.17. The third-order valence-corrected chi connectivity index (χ3v) is 4.61. The van der Waals surface area contributed by atoms with Crippen molar-refractivity contribution in [3.8, 4) is 28.8 Å². The Morgan fingerprint density at radius 3 is 2.58 bits per heavy atom. The van der Waals surface area contributed by atoms with E-state index in [1.807, 2.05) is 11.4 Å². The van der Waals surface area contributed by atoms with Crippen LogP contribution in [0.15, 0.2) is 47.8 Å². The Bertz CT molecular complexity index is 988. The van der Waals surface area contributed by atoms with Crippen LogP contribution >= 0.6 is 11.3 Å². The van der Waals surface area contributed by atoms with Crippen LogP contribution in [0.3, 0.4) is 0 Å². The Balaban J connectivity index is 1.96. The van der Waals surface area contributed by atoms with Gasteiger partial charge in [0.2, 0.25) is 0 Å². The van der Waals surface area contributed by atoms with Gasteiger partial charge in [-0.3, -0.25) is 0 Å². The van der Waals surface area contributed by atoms with E-state index in [-0.39, 0.29) is 5.82 Å². The van der Waals surface area contributed by atoms with Gasteiger partial charge in [0.15, 0.2) is 0 Å². The minimum atomic E-state index is -0.298. The second kappa shape index (κ2) is 7.81. The van der Waals surface area contributed by atoms with Crippen LogP contribution in [0.1, 0.15) is 10.6 Å². The maximum Gasteiger partial charge on any atom is 0.134 e. The molecule has 0 radical (unpaired) electrons. The van der Waals surface area contributed by atoms with Crippen molar-refractivity contribution in [2.75, 3.05) is 14.2 Å². The zero-order valence-electron chi connectivity index (χ0n) is 14.2. The van der Waals surface area contributed by atoms with Crippen molar-refractivity contribution in [1.82, 2.24) is 4.98 Å². The van der Waals surface area contributed by atoms with Crippen LogP contribution in [0, 0.1) is 17.1 Å². The van der Waals surface area contributed by atoms with Crippen LogP contribution in [-0.4, -0.2) is 19.2 Å². The molecular weight excluding hydrogens is 351 g/mol. The highest BCUT2D eigenvalue weighted by molar-refractivity contribution is 7.11. The summed E-state index contributed by atoms with van der Waals surface area (Å²) >= 11 is 1.36. The van der Waals surface area contributed by atoms with Gasteiger partial charge >= 0.3 is 0 Å². The van der Waals surface area contributed by atoms with Crippen molar-refractivity contribution in [3.63, 3.8) is 0 Å². The van der Waals surface area contributed by atoms with Gasteiger partial charge in [-0.25, -0.2) is 9.37 Å². The van der Waals surface area contributed by atoms with Gasteiger partial charge in [-0.15, -0.1) is 11.3 Å². The summed E-state index contributed by atoms with van der Waals surface area (Å²) in [5.74, 6) is 0.978. The third kappa shape index (κ3) is 3.73. The van der Waals surface area contributed by atoms with E-state index in [2.05, 4.69) is 11.1 Å². The SMILES string of the molecule is COc1ccc(/C=C(\C#N)c2nc(-c3ccc(F)cc3)cs2)c(OC)c1. The number of methoxy groups -OCH3 is 2. The van der Waals surface area contributed by atoms with E-state index in [0.29, 0.717) is 27.8 Å². The van der Waals surface area contributed by atoms with Crippen LogP contribution in [0.2, 0.25) is 0 Å². The molecule has 130 valence electrons. The summed E-state index contributed by atoms with van der Waals surface area (Å²) in [7, 11) is 3.14. The van der Waals surface area contributed by atoms with Crippen LogP contribution in [-0.2, 0) is 0 Å². The molecule has 26 heavy (non-hydrogen) atoms. The smallest absolute Gasteiger partial charge is 0.134 e. The molecule has 1 aromatic heterocycles. The maximum absolute atomic E-state index is 13.1. The van der Waals surface area contributed by atoms with Gasteiger partial charge < -0.3 is 9.47 Å². The van der Waals surface area contributed by atoms with E-state index in [4.69, 9.17) is 9.47 Å². The lowest BCUT2D eigenvalue weighted by Gasteiger charge is -2.07. The summed E-state index contributed by atoms with van der Waals surface area (Å²) in [4.78, 5) is 4.51. The number of thiazole rings is 1. The normalized spacial score (nSPS) is 11.1. The van der Waals surface area contributed by atoms with Crippen LogP contribution in [0.4, 0.5) is 4.39 Å². The number of ether oxygens (including phenoxy) is 2. The summed E-state index contributed by atoms with van der Waals surface area (Å²) in [5, 5.41) is 12.0. The predicted octanol–water partition coefficient (Wildman–Crippen LogP) is 5.03. The van der Waals surface area contributed by atoms with Gasteiger partial charge in [-0.05, 0) is 42.5 Å². The average molecular weight is 366 g/mol. The second-order valence-electron chi connectivity index (χ2n) is 5.32. The first-order valence-electron chi connectivity index (χ1n) is 7.70. The minimum absolute atomic E-state index is 0.298. The van der Waals surface area contributed by atoms with Crippen molar-refractivity contribution in [2.24, 2.45) is 0 Å². The zero-order chi connectivity index (χ0) is 18.5. The molecule has 4 nitrogen and oxygen atoms in total. The van der Waals surface area contributed by atoms with E-state index < -0.39 is 0 Å². The van der Waals surface area contributed by atoms with Gasteiger partial charge in [0.05, 0.1) is 25.5 Å². The molecule has 0 amide bonds. The highest BCUT2D eigenvalue weighted by atomic mass is 32.1. The quantitative estimate of drug-likeness (QED) is 0.594. The highest BCUT2D eigenvalue weighted by Gasteiger charge is 2.11. The Morgan fingerprint density at radius 1 is 1.15 bits per heavy atom. The first kappa shape index (κ1) is 17.6. The van der Waals surface area contributed by atoms with E-state index in [0.717, 1.165) is 11.1 Å². The fourth-order valence-corrected chi connectivity index (χ4v) is 3.18. The highest BCUT2D eigenvalue weighted by Crippen LogP contribution is 2.31. The van der Waals surface area contributed by atoms with Crippen molar-refractivity contribution in [1.29, 1.82) is 5.26 Å². The molecular formula is C20H15FN2O2S. The third-order valence-electron chi connectivity index (χ3n) is 3.74. The molecule has 0 aliphatic rings. The number of benzene rings is 2. The number of hydrogen-bond donors (Lipinski definition) is 0. The largest absolute Gasteiger partial charge is 0.497 e. The van der Waals surface area contributed by atoms with Crippen LogP contribution in [0.25, 0.3) is 22.9 Å². The summed E-state index contributed by atoms with van der Waals surface area (Å²) < 4.78 is 23.6. The number of halogens is 1. The Kier molecular flexibility index (Phi) is 5.30. The number of nitrogens with zero attached hydrogens (tertiary/aromatic N) is 2. The molecule has 0 N–H and O–H groups in total. The molecule has 0 saturated carbocycles. The lowest BCUT2D eigenvalue weighted by molar-refractivity contribution is 0.394. The number of rotatable bonds is 5. The van der Waals surface area contributed by atoms with Crippen LogP contribution in [0.5, 0.6) is 11.5 Å². The molecule has 6 heteroatoms. The molecule has 0 spiro atoms. The molecule has 2 aromatic carbocycles. The summed E-state index contributed by atoms with van der Waals surface area (Å²) in [6.07, 6.45) is 1.73. The lowest BCUT2D eigenvalue weighted by atomic mass is 10.1. The lowest BCUT2D eigenvalue weighted by Crippen LogP contribution is -1.90. The standard InChI is InChI=1S/C20H15FN2O2S/c1-24-17-8-5-14(19(10-17)25-2)9-15(11-22)20-23-18(12-26-20)13-3-6-16(21)7-4-13/h3-10,12H,1-2H3/b15-9+. The summed E-state index contributed by atoms with van der Waals surface area (Å²) in [6.45, 7) is 0. The summed E-state index contributed by atoms with van der Waals surface area (Å²) in [6, 6.07) is 13.7. The van der Waals surface area contributed by atoms with Crippen molar-refractivity contribution >= 4 is 23.0 Å². The van der Waals surface area contributed by atoms with Gasteiger partial charge in [0.25, 0.3) is 0 Å². The van der Waals surface area contributed by atoms with Crippen molar-refractivity contribution in [2.45, 2.75) is 0 Å². The Morgan fingerprint density at radius 2 is 1.92 bits per heavy atom. The molecule has 3 aromatic rings. The number of aromatic nitrogens is 1. The first-order valence-corrected chi connectivity index (χ1v) is 8.58. The van der Waals surface area contributed by atoms with E-state index in [1.54, 1.807) is 44.6 Å². The monoisotopic (exact) mass is 366 g/mol. The minimum Gasteiger partial charge on any atom is -0.497 e. The molecule has 0 bridgehead atoms. The number of allylic oxidation sites excluding steroid dienone is 1. The van der Waals surface area contributed by atoms with Crippen LogP contribution < -0.4 is 9.47 Å². The first-order chi connectivity index (χ1) is 12.6. The van der Waals surface area contributed by atoms with Crippen molar-refractivity contribution in [3.05, 3.63) is 64.2 Å².